The highest BCUT2D eigenvalue weighted by molar-refractivity contribution is 5.54. The standard InChI is InChI=1S/C18H14F9NO/c1-8-5-10(15(17(22,23)24)18(25,26)27)6-9(2)14(8)29-11-3-4-13(28)12(7-11)16(19,20)21/h3-7,15H,28H2,1-2H3. The Balaban J connectivity index is 2.48. The number of benzene rings is 2. The molecule has 2 nitrogen and oxygen atoms in total. The number of anilines is 1. The van der Waals surface area contributed by atoms with Crippen molar-refractivity contribution >= 4 is 5.69 Å². The summed E-state index contributed by atoms with van der Waals surface area (Å²) in [5.41, 5.74) is 2.27. The number of alkyl halides is 9. The first-order valence-electron chi connectivity index (χ1n) is 7.91. The second-order valence-electron chi connectivity index (χ2n) is 6.35. The largest absolute Gasteiger partial charge is 0.457 e. The van der Waals surface area contributed by atoms with E-state index in [9.17, 15) is 39.5 Å². The maximum absolute atomic E-state index is 12.9. The molecule has 0 radical (unpaired) electrons. The molecule has 2 rings (SSSR count). The monoisotopic (exact) mass is 431 g/mol. The zero-order chi connectivity index (χ0) is 22.4. The number of nitrogens with two attached hydrogens (primary N) is 1. The fourth-order valence-electron chi connectivity index (χ4n) is 2.84. The van der Waals surface area contributed by atoms with Gasteiger partial charge < -0.3 is 10.5 Å². The van der Waals surface area contributed by atoms with Crippen molar-refractivity contribution in [3.8, 4) is 11.5 Å². The Hall–Kier alpha value is -2.59. The van der Waals surface area contributed by atoms with Gasteiger partial charge in [0.1, 0.15) is 11.5 Å². The molecule has 2 aromatic rings. The van der Waals surface area contributed by atoms with Gasteiger partial charge in [0.2, 0.25) is 0 Å². The number of aryl methyl sites for hydroxylation is 2. The number of ether oxygens (including phenoxy) is 1. The second-order valence-corrected chi connectivity index (χ2v) is 6.35. The normalized spacial score (nSPS) is 13.1. The number of hydrogen-bond acceptors (Lipinski definition) is 2. The predicted octanol–water partition coefficient (Wildman–Crippen LogP) is 6.90. The smallest absolute Gasteiger partial charge is 0.418 e. The molecule has 0 aliphatic rings. The molecule has 11 heteroatoms. The Morgan fingerprint density at radius 3 is 1.69 bits per heavy atom. The lowest BCUT2D eigenvalue weighted by Crippen LogP contribution is -2.34. The van der Waals surface area contributed by atoms with Gasteiger partial charge in [-0.3, -0.25) is 0 Å². The molecule has 0 amide bonds. The first kappa shape index (κ1) is 22.7. The second kappa shape index (κ2) is 7.34. The summed E-state index contributed by atoms with van der Waals surface area (Å²) in [5.74, 6) is -4.18. The van der Waals surface area contributed by atoms with E-state index in [2.05, 4.69) is 0 Å². The summed E-state index contributed by atoms with van der Waals surface area (Å²) in [4.78, 5) is 0. The average Bonchev–Trinajstić information content (AvgIpc) is 2.48. The first-order valence-corrected chi connectivity index (χ1v) is 7.91. The van der Waals surface area contributed by atoms with E-state index in [0.717, 1.165) is 12.1 Å². The average molecular weight is 431 g/mol. The van der Waals surface area contributed by atoms with Crippen molar-refractivity contribution < 1.29 is 44.3 Å². The lowest BCUT2D eigenvalue weighted by molar-refractivity contribution is -0.253. The molecule has 0 atom stereocenters. The molecule has 0 unspecified atom stereocenters. The van der Waals surface area contributed by atoms with Gasteiger partial charge in [0, 0.05) is 5.69 Å². The van der Waals surface area contributed by atoms with Gasteiger partial charge in [-0.2, -0.15) is 39.5 Å². The highest BCUT2D eigenvalue weighted by atomic mass is 19.4. The lowest BCUT2D eigenvalue weighted by Gasteiger charge is -2.25. The van der Waals surface area contributed by atoms with E-state index in [1.807, 2.05) is 0 Å². The molecule has 0 aliphatic heterocycles. The lowest BCUT2D eigenvalue weighted by atomic mass is 9.93. The Morgan fingerprint density at radius 1 is 0.793 bits per heavy atom. The summed E-state index contributed by atoms with van der Waals surface area (Å²) in [7, 11) is 0. The van der Waals surface area contributed by atoms with Crippen molar-refractivity contribution in [3.05, 3.63) is 52.6 Å². The van der Waals surface area contributed by atoms with Crippen LogP contribution in [0.3, 0.4) is 0 Å². The van der Waals surface area contributed by atoms with E-state index in [-0.39, 0.29) is 22.6 Å². The number of halogens is 9. The molecule has 2 N–H and O–H groups in total. The molecule has 29 heavy (non-hydrogen) atoms. The van der Waals surface area contributed by atoms with Crippen LogP contribution in [0, 0.1) is 13.8 Å². The zero-order valence-corrected chi connectivity index (χ0v) is 14.9. The van der Waals surface area contributed by atoms with Crippen LogP contribution in [-0.4, -0.2) is 12.4 Å². The van der Waals surface area contributed by atoms with Crippen LogP contribution in [0.5, 0.6) is 11.5 Å². The minimum Gasteiger partial charge on any atom is -0.457 e. The zero-order valence-electron chi connectivity index (χ0n) is 14.9. The van der Waals surface area contributed by atoms with Gasteiger partial charge in [0.15, 0.2) is 5.92 Å². The summed E-state index contributed by atoms with van der Waals surface area (Å²) in [6.07, 6.45) is -15.9. The molecule has 0 spiro atoms. The van der Waals surface area contributed by atoms with Crippen LogP contribution in [-0.2, 0) is 6.18 Å². The van der Waals surface area contributed by atoms with Gasteiger partial charge in [0.05, 0.1) is 5.56 Å². The molecule has 0 saturated carbocycles. The molecule has 0 saturated heterocycles. The van der Waals surface area contributed by atoms with E-state index >= 15 is 0 Å². The van der Waals surface area contributed by atoms with Crippen molar-refractivity contribution in [2.45, 2.75) is 38.3 Å². The third kappa shape index (κ3) is 5.07. The first-order chi connectivity index (χ1) is 13.0. The highest BCUT2D eigenvalue weighted by Crippen LogP contribution is 2.48. The fourth-order valence-corrected chi connectivity index (χ4v) is 2.84. The minimum absolute atomic E-state index is 0.108. The van der Waals surface area contributed by atoms with Gasteiger partial charge in [-0.05, 0) is 48.7 Å². The summed E-state index contributed by atoms with van der Waals surface area (Å²) < 4.78 is 122. The van der Waals surface area contributed by atoms with Crippen molar-refractivity contribution in [1.82, 2.24) is 0 Å². The summed E-state index contributed by atoms with van der Waals surface area (Å²) in [6.45, 7) is 2.38. The van der Waals surface area contributed by atoms with Gasteiger partial charge in [-0.15, -0.1) is 0 Å². The van der Waals surface area contributed by atoms with Crippen LogP contribution in [0.4, 0.5) is 45.2 Å². The Labute approximate surface area is 159 Å². The van der Waals surface area contributed by atoms with Gasteiger partial charge in [-0.1, -0.05) is 12.1 Å². The van der Waals surface area contributed by atoms with E-state index < -0.39 is 41.3 Å². The van der Waals surface area contributed by atoms with Crippen molar-refractivity contribution in [2.24, 2.45) is 0 Å². The number of nitrogen functional groups attached to an aromatic ring is 1. The number of rotatable bonds is 3. The Kier molecular flexibility index (Phi) is 5.75. The van der Waals surface area contributed by atoms with Crippen molar-refractivity contribution in [1.29, 1.82) is 0 Å². The van der Waals surface area contributed by atoms with Gasteiger partial charge >= 0.3 is 18.5 Å². The molecule has 0 heterocycles. The third-order valence-electron chi connectivity index (χ3n) is 4.02. The van der Waals surface area contributed by atoms with E-state index in [4.69, 9.17) is 10.5 Å². The molecule has 0 aromatic heterocycles. The van der Waals surface area contributed by atoms with Crippen LogP contribution < -0.4 is 10.5 Å². The van der Waals surface area contributed by atoms with E-state index in [0.29, 0.717) is 18.2 Å². The summed E-state index contributed by atoms with van der Waals surface area (Å²) in [5, 5.41) is 0. The quantitative estimate of drug-likeness (QED) is 0.424. The molecule has 160 valence electrons. The van der Waals surface area contributed by atoms with Crippen LogP contribution in [0.15, 0.2) is 30.3 Å². The fraction of sp³-hybridized carbons (Fsp3) is 0.333. The molecular formula is C18H14F9NO. The minimum atomic E-state index is -5.57. The van der Waals surface area contributed by atoms with Gasteiger partial charge in [0.25, 0.3) is 0 Å². The van der Waals surface area contributed by atoms with Crippen molar-refractivity contribution in [2.75, 3.05) is 5.73 Å². The van der Waals surface area contributed by atoms with Crippen LogP contribution in [0.1, 0.15) is 28.2 Å². The Morgan fingerprint density at radius 2 is 1.28 bits per heavy atom. The Bertz CT molecular complexity index is 861. The molecule has 0 bridgehead atoms. The highest BCUT2D eigenvalue weighted by Gasteiger charge is 2.57. The summed E-state index contributed by atoms with van der Waals surface area (Å²) in [6, 6.07) is 3.92. The predicted molar refractivity (Wildman–Crippen MR) is 86.7 cm³/mol. The molecular weight excluding hydrogens is 417 g/mol. The maximum atomic E-state index is 12.9. The van der Waals surface area contributed by atoms with Crippen LogP contribution in [0.25, 0.3) is 0 Å². The third-order valence-corrected chi connectivity index (χ3v) is 4.02. The number of hydrogen-bond donors (Lipinski definition) is 1. The van der Waals surface area contributed by atoms with Crippen molar-refractivity contribution in [3.63, 3.8) is 0 Å². The maximum Gasteiger partial charge on any atom is 0.418 e. The molecule has 0 fully saturated rings. The molecule has 0 aliphatic carbocycles. The molecule has 2 aromatic carbocycles. The SMILES string of the molecule is Cc1cc(C(C(F)(F)F)C(F)(F)F)cc(C)c1Oc1ccc(N)c(C(F)(F)F)c1. The topological polar surface area (TPSA) is 35.2 Å². The van der Waals surface area contributed by atoms with Crippen LogP contribution >= 0.6 is 0 Å². The van der Waals surface area contributed by atoms with Gasteiger partial charge in [-0.25, -0.2) is 0 Å². The summed E-state index contributed by atoms with van der Waals surface area (Å²) >= 11 is 0. The van der Waals surface area contributed by atoms with E-state index in [1.54, 1.807) is 0 Å². The van der Waals surface area contributed by atoms with E-state index in [1.165, 1.54) is 13.8 Å². The van der Waals surface area contributed by atoms with Crippen LogP contribution in [0.2, 0.25) is 0 Å².